The Morgan fingerprint density at radius 1 is 1.25 bits per heavy atom. The van der Waals surface area contributed by atoms with Crippen molar-refractivity contribution in [2.45, 2.75) is 13.0 Å². The number of aliphatic hydroxyl groups excluding tert-OH is 1. The van der Waals surface area contributed by atoms with E-state index in [2.05, 4.69) is 27.3 Å². The summed E-state index contributed by atoms with van der Waals surface area (Å²) in [4.78, 5) is 0. The minimum Gasteiger partial charge on any atom is -0.387 e. The summed E-state index contributed by atoms with van der Waals surface area (Å²) >= 11 is 3.48. The van der Waals surface area contributed by atoms with Crippen molar-refractivity contribution in [3.63, 3.8) is 0 Å². The first kappa shape index (κ1) is 14.6. The molecule has 2 aromatic carbocycles. The lowest BCUT2D eigenvalue weighted by Gasteiger charge is -2.14. The van der Waals surface area contributed by atoms with Gasteiger partial charge in [-0.15, -0.1) is 0 Å². The molecule has 1 unspecified atom stereocenters. The number of nitrogens with one attached hydrogen (secondary N) is 1. The molecule has 2 N–H and O–H groups in total. The highest BCUT2D eigenvalue weighted by Gasteiger charge is 2.07. The van der Waals surface area contributed by atoms with E-state index in [-0.39, 0.29) is 0 Å². The van der Waals surface area contributed by atoms with Crippen molar-refractivity contribution >= 4 is 21.6 Å². The van der Waals surface area contributed by atoms with Crippen LogP contribution in [0.3, 0.4) is 0 Å². The summed E-state index contributed by atoms with van der Waals surface area (Å²) in [5, 5.41) is 22.0. The summed E-state index contributed by atoms with van der Waals surface area (Å²) in [5.41, 5.74) is 3.51. The molecule has 0 aliphatic rings. The summed E-state index contributed by atoms with van der Waals surface area (Å²) in [5.74, 6) is 0. The van der Waals surface area contributed by atoms with E-state index in [4.69, 9.17) is 5.26 Å². The highest BCUT2D eigenvalue weighted by atomic mass is 79.9. The maximum atomic E-state index is 10.1. The van der Waals surface area contributed by atoms with Crippen molar-refractivity contribution in [1.29, 1.82) is 5.26 Å². The summed E-state index contributed by atoms with van der Waals surface area (Å²) in [6, 6.07) is 15.0. The van der Waals surface area contributed by atoms with Gasteiger partial charge in [-0.05, 0) is 42.3 Å². The van der Waals surface area contributed by atoms with Crippen LogP contribution in [0.15, 0.2) is 46.9 Å². The van der Waals surface area contributed by atoms with Gasteiger partial charge in [0.2, 0.25) is 0 Å². The molecule has 0 aromatic heterocycles. The molecule has 3 nitrogen and oxygen atoms in total. The zero-order valence-electron chi connectivity index (χ0n) is 11.1. The van der Waals surface area contributed by atoms with Crippen LogP contribution in [0.2, 0.25) is 0 Å². The van der Waals surface area contributed by atoms with Gasteiger partial charge >= 0.3 is 0 Å². The van der Waals surface area contributed by atoms with Crippen molar-refractivity contribution in [3.05, 3.63) is 63.6 Å². The van der Waals surface area contributed by atoms with E-state index in [1.165, 1.54) is 5.56 Å². The Hall–Kier alpha value is -1.83. The minimum atomic E-state index is -0.608. The number of anilines is 1. The second kappa shape index (κ2) is 6.56. The predicted octanol–water partition coefficient (Wildman–Crippen LogP) is 3.77. The number of aliphatic hydroxyl groups is 1. The van der Waals surface area contributed by atoms with E-state index >= 15 is 0 Å². The number of halogens is 1. The minimum absolute atomic E-state index is 0.418. The lowest BCUT2D eigenvalue weighted by Crippen LogP contribution is -2.12. The van der Waals surface area contributed by atoms with Crippen LogP contribution in [0.5, 0.6) is 0 Å². The average molecular weight is 331 g/mol. The summed E-state index contributed by atoms with van der Waals surface area (Å²) in [6.45, 7) is 2.45. The van der Waals surface area contributed by atoms with E-state index in [9.17, 15) is 5.11 Å². The lowest BCUT2D eigenvalue weighted by molar-refractivity contribution is 0.191. The normalized spacial score (nSPS) is 11.7. The Morgan fingerprint density at radius 2 is 1.95 bits per heavy atom. The number of aryl methyl sites for hydroxylation is 1. The molecule has 2 aromatic rings. The van der Waals surface area contributed by atoms with E-state index in [1.807, 2.05) is 25.1 Å². The van der Waals surface area contributed by atoms with Gasteiger partial charge in [-0.3, -0.25) is 0 Å². The molecular formula is C16H15BrN2O. The van der Waals surface area contributed by atoms with Crippen molar-refractivity contribution in [2.75, 3.05) is 11.9 Å². The standard InChI is InChI=1S/C16H15BrN2O/c1-11-2-7-14(8-15(11)17)19-10-16(20)13-5-3-12(9-18)4-6-13/h2-8,16,19-20H,10H2,1H3. The number of benzene rings is 2. The quantitative estimate of drug-likeness (QED) is 0.897. The van der Waals surface area contributed by atoms with E-state index < -0.39 is 6.10 Å². The molecule has 1 atom stereocenters. The van der Waals surface area contributed by atoms with Crippen LogP contribution in [-0.4, -0.2) is 11.7 Å². The largest absolute Gasteiger partial charge is 0.387 e. The molecule has 0 bridgehead atoms. The fourth-order valence-corrected chi connectivity index (χ4v) is 2.19. The molecule has 0 radical (unpaired) electrons. The molecule has 0 amide bonds. The molecule has 2 rings (SSSR count). The molecule has 20 heavy (non-hydrogen) atoms. The average Bonchev–Trinajstić information content (AvgIpc) is 2.48. The van der Waals surface area contributed by atoms with Gasteiger partial charge in [0.1, 0.15) is 0 Å². The highest BCUT2D eigenvalue weighted by molar-refractivity contribution is 9.10. The van der Waals surface area contributed by atoms with Crippen molar-refractivity contribution in [3.8, 4) is 6.07 Å². The summed E-state index contributed by atoms with van der Waals surface area (Å²) in [7, 11) is 0. The Kier molecular flexibility index (Phi) is 4.78. The van der Waals surface area contributed by atoms with Gasteiger partial charge in [-0.1, -0.05) is 34.1 Å². The first-order chi connectivity index (χ1) is 9.60. The van der Waals surface area contributed by atoms with Gasteiger partial charge in [0, 0.05) is 16.7 Å². The van der Waals surface area contributed by atoms with E-state index in [0.29, 0.717) is 12.1 Å². The van der Waals surface area contributed by atoms with Gasteiger partial charge in [-0.2, -0.15) is 5.26 Å². The van der Waals surface area contributed by atoms with E-state index in [0.717, 1.165) is 15.7 Å². The molecule has 0 aliphatic heterocycles. The smallest absolute Gasteiger partial charge is 0.0991 e. The molecule has 102 valence electrons. The molecule has 0 heterocycles. The fourth-order valence-electron chi connectivity index (χ4n) is 1.81. The second-order valence-electron chi connectivity index (χ2n) is 4.59. The third kappa shape index (κ3) is 3.60. The SMILES string of the molecule is Cc1ccc(NCC(O)c2ccc(C#N)cc2)cc1Br. The number of nitriles is 1. The van der Waals surface area contributed by atoms with Gasteiger partial charge in [-0.25, -0.2) is 0 Å². The van der Waals surface area contributed by atoms with Crippen molar-refractivity contribution < 1.29 is 5.11 Å². The van der Waals surface area contributed by atoms with E-state index in [1.54, 1.807) is 24.3 Å². The van der Waals surface area contributed by atoms with Gasteiger partial charge in [0.25, 0.3) is 0 Å². The maximum Gasteiger partial charge on any atom is 0.0991 e. The Balaban J connectivity index is 1.99. The molecule has 0 fully saturated rings. The van der Waals surface area contributed by atoms with Crippen molar-refractivity contribution in [1.82, 2.24) is 0 Å². The summed E-state index contributed by atoms with van der Waals surface area (Å²) in [6.07, 6.45) is -0.608. The van der Waals surface area contributed by atoms with Crippen LogP contribution in [0, 0.1) is 18.3 Å². The summed E-state index contributed by atoms with van der Waals surface area (Å²) < 4.78 is 1.04. The first-order valence-electron chi connectivity index (χ1n) is 6.28. The lowest BCUT2D eigenvalue weighted by atomic mass is 10.1. The second-order valence-corrected chi connectivity index (χ2v) is 5.45. The Morgan fingerprint density at radius 3 is 2.55 bits per heavy atom. The Bertz CT molecular complexity index is 632. The molecule has 0 spiro atoms. The molecule has 0 aliphatic carbocycles. The number of hydrogen-bond acceptors (Lipinski definition) is 3. The third-order valence-electron chi connectivity index (χ3n) is 3.10. The zero-order valence-corrected chi connectivity index (χ0v) is 12.7. The number of hydrogen-bond donors (Lipinski definition) is 2. The monoisotopic (exact) mass is 330 g/mol. The first-order valence-corrected chi connectivity index (χ1v) is 7.07. The van der Waals surface area contributed by atoms with Crippen LogP contribution in [0.25, 0.3) is 0 Å². The molecule has 0 saturated heterocycles. The molecular weight excluding hydrogens is 316 g/mol. The molecule has 4 heteroatoms. The number of nitrogens with zero attached hydrogens (tertiary/aromatic N) is 1. The van der Waals surface area contributed by atoms with Gasteiger partial charge in [0.05, 0.1) is 17.7 Å². The fraction of sp³-hybridized carbons (Fsp3) is 0.188. The Labute approximate surface area is 127 Å². The molecule has 0 saturated carbocycles. The van der Waals surface area contributed by atoms with Crippen LogP contribution in [0.1, 0.15) is 22.8 Å². The van der Waals surface area contributed by atoms with Crippen LogP contribution in [0.4, 0.5) is 5.69 Å². The van der Waals surface area contributed by atoms with Crippen LogP contribution < -0.4 is 5.32 Å². The van der Waals surface area contributed by atoms with Crippen LogP contribution in [-0.2, 0) is 0 Å². The highest BCUT2D eigenvalue weighted by Crippen LogP contribution is 2.21. The topological polar surface area (TPSA) is 56.0 Å². The van der Waals surface area contributed by atoms with Gasteiger partial charge in [0.15, 0.2) is 0 Å². The number of rotatable bonds is 4. The zero-order chi connectivity index (χ0) is 14.5. The predicted molar refractivity (Wildman–Crippen MR) is 83.5 cm³/mol. The van der Waals surface area contributed by atoms with Crippen LogP contribution >= 0.6 is 15.9 Å². The maximum absolute atomic E-state index is 10.1. The van der Waals surface area contributed by atoms with Gasteiger partial charge < -0.3 is 10.4 Å². The third-order valence-corrected chi connectivity index (χ3v) is 3.95. The van der Waals surface area contributed by atoms with Crippen molar-refractivity contribution in [2.24, 2.45) is 0 Å².